The number of benzene rings is 2. The number of aromatic nitrogens is 2. The molecule has 0 amide bonds. The third-order valence-corrected chi connectivity index (χ3v) is 4.43. The van der Waals surface area contributed by atoms with Crippen molar-refractivity contribution in [1.29, 1.82) is 0 Å². The number of ether oxygens (including phenoxy) is 3. The highest BCUT2D eigenvalue weighted by Crippen LogP contribution is 2.27. The normalized spacial score (nSPS) is 10.3. The summed E-state index contributed by atoms with van der Waals surface area (Å²) < 4.78 is 15.8. The molecule has 0 saturated heterocycles. The van der Waals surface area contributed by atoms with E-state index < -0.39 is 0 Å². The van der Waals surface area contributed by atoms with Gasteiger partial charge in [0.1, 0.15) is 11.6 Å². The summed E-state index contributed by atoms with van der Waals surface area (Å²) >= 11 is 0. The van der Waals surface area contributed by atoms with Crippen molar-refractivity contribution in [1.82, 2.24) is 9.97 Å². The van der Waals surface area contributed by atoms with E-state index in [9.17, 15) is 0 Å². The van der Waals surface area contributed by atoms with Crippen molar-refractivity contribution in [2.75, 3.05) is 38.5 Å². The predicted molar refractivity (Wildman–Crippen MR) is 114 cm³/mol. The first-order valence-electron chi connectivity index (χ1n) is 9.36. The van der Waals surface area contributed by atoms with Crippen molar-refractivity contribution in [2.24, 2.45) is 0 Å². The molecule has 0 aliphatic heterocycles. The molecular formula is C22H26N4O3. The number of methoxy groups -OCH3 is 3. The van der Waals surface area contributed by atoms with Crippen LogP contribution < -0.4 is 24.8 Å². The number of hydrogen-bond donors (Lipinski definition) is 2. The lowest BCUT2D eigenvalue weighted by atomic mass is 10.1. The molecule has 3 rings (SSSR count). The van der Waals surface area contributed by atoms with Crippen LogP contribution in [0.5, 0.6) is 17.2 Å². The maximum absolute atomic E-state index is 5.35. The van der Waals surface area contributed by atoms with Crippen LogP contribution in [0.2, 0.25) is 0 Å². The summed E-state index contributed by atoms with van der Waals surface area (Å²) in [4.78, 5) is 8.80. The number of nitrogens with zero attached hydrogens (tertiary/aromatic N) is 2. The quantitative estimate of drug-likeness (QED) is 0.542. The summed E-state index contributed by atoms with van der Waals surface area (Å²) in [6, 6.07) is 15.7. The molecule has 0 aliphatic rings. The largest absolute Gasteiger partial charge is 0.497 e. The average molecular weight is 394 g/mol. The minimum absolute atomic E-state index is 0.588. The third-order valence-electron chi connectivity index (χ3n) is 4.43. The van der Waals surface area contributed by atoms with Gasteiger partial charge >= 0.3 is 0 Å². The number of rotatable bonds is 10. The van der Waals surface area contributed by atoms with Crippen LogP contribution >= 0.6 is 0 Å². The van der Waals surface area contributed by atoms with E-state index in [1.54, 1.807) is 27.5 Å². The van der Waals surface area contributed by atoms with E-state index in [1.807, 2.05) is 48.5 Å². The van der Waals surface area contributed by atoms with Crippen molar-refractivity contribution in [3.05, 3.63) is 65.9 Å². The molecule has 0 atom stereocenters. The molecule has 2 N–H and O–H groups in total. The van der Waals surface area contributed by atoms with Crippen molar-refractivity contribution < 1.29 is 14.2 Å². The molecule has 7 nitrogen and oxygen atoms in total. The number of anilines is 2. The van der Waals surface area contributed by atoms with Gasteiger partial charge in [-0.2, -0.15) is 4.98 Å². The zero-order valence-corrected chi connectivity index (χ0v) is 16.9. The summed E-state index contributed by atoms with van der Waals surface area (Å²) in [5.74, 6) is 3.65. The van der Waals surface area contributed by atoms with Gasteiger partial charge in [0.05, 0.1) is 21.3 Å². The van der Waals surface area contributed by atoms with E-state index >= 15 is 0 Å². The van der Waals surface area contributed by atoms with E-state index in [-0.39, 0.29) is 0 Å². The molecule has 0 bridgehead atoms. The Kier molecular flexibility index (Phi) is 7.10. The fraction of sp³-hybridized carbons (Fsp3) is 0.273. The van der Waals surface area contributed by atoms with Gasteiger partial charge in [0, 0.05) is 19.3 Å². The molecule has 0 aliphatic carbocycles. The van der Waals surface area contributed by atoms with E-state index in [2.05, 4.69) is 20.6 Å². The molecule has 0 radical (unpaired) electrons. The topological polar surface area (TPSA) is 77.5 Å². The Hall–Kier alpha value is -3.48. The van der Waals surface area contributed by atoms with Crippen LogP contribution in [0.25, 0.3) is 0 Å². The Labute approximate surface area is 171 Å². The van der Waals surface area contributed by atoms with Crippen LogP contribution in [0.4, 0.5) is 11.8 Å². The Morgan fingerprint density at radius 3 is 2.28 bits per heavy atom. The lowest BCUT2D eigenvalue weighted by molar-refractivity contribution is 0.354. The molecule has 3 aromatic rings. The fourth-order valence-electron chi connectivity index (χ4n) is 2.83. The molecule has 0 spiro atoms. The lowest BCUT2D eigenvalue weighted by Crippen LogP contribution is -2.09. The van der Waals surface area contributed by atoms with Gasteiger partial charge in [-0.3, -0.25) is 0 Å². The van der Waals surface area contributed by atoms with Crippen LogP contribution in [0.15, 0.2) is 54.7 Å². The average Bonchev–Trinajstić information content (AvgIpc) is 2.78. The summed E-state index contributed by atoms with van der Waals surface area (Å²) in [5, 5.41) is 6.57. The first kappa shape index (κ1) is 20.3. The predicted octanol–water partition coefficient (Wildman–Crippen LogP) is 3.77. The minimum atomic E-state index is 0.588. The highest BCUT2D eigenvalue weighted by molar-refractivity contribution is 5.44. The summed E-state index contributed by atoms with van der Waals surface area (Å²) in [6.07, 6.45) is 2.55. The molecule has 152 valence electrons. The molecule has 1 heterocycles. The first-order chi connectivity index (χ1) is 14.2. The van der Waals surface area contributed by atoms with E-state index in [4.69, 9.17) is 14.2 Å². The van der Waals surface area contributed by atoms with Gasteiger partial charge in [-0.15, -0.1) is 0 Å². The van der Waals surface area contributed by atoms with Gasteiger partial charge in [-0.25, -0.2) is 4.98 Å². The fourth-order valence-corrected chi connectivity index (χ4v) is 2.83. The third kappa shape index (κ3) is 5.75. The van der Waals surface area contributed by atoms with Crippen LogP contribution in [0.1, 0.15) is 11.1 Å². The molecule has 0 saturated carbocycles. The van der Waals surface area contributed by atoms with Gasteiger partial charge in [-0.05, 0) is 47.9 Å². The Morgan fingerprint density at radius 1 is 0.793 bits per heavy atom. The highest BCUT2D eigenvalue weighted by Gasteiger charge is 2.05. The molecule has 1 aromatic heterocycles. The molecule has 2 aromatic carbocycles. The maximum Gasteiger partial charge on any atom is 0.224 e. The Balaban J connectivity index is 1.51. The van der Waals surface area contributed by atoms with Crippen LogP contribution in [-0.4, -0.2) is 37.8 Å². The maximum atomic E-state index is 5.35. The Morgan fingerprint density at radius 2 is 1.55 bits per heavy atom. The molecule has 7 heteroatoms. The van der Waals surface area contributed by atoms with E-state index in [0.717, 1.165) is 40.6 Å². The second kappa shape index (κ2) is 10.2. The standard InChI is InChI=1S/C22H26N4O3/c1-27-18-7-4-17(5-8-18)15-25-21-11-13-24-22(26-21)23-12-10-16-6-9-19(28-2)20(14-16)29-3/h4-9,11,13-14H,10,12,15H2,1-3H3,(H2,23,24,25,26). The first-order valence-corrected chi connectivity index (χ1v) is 9.36. The second-order valence-corrected chi connectivity index (χ2v) is 6.33. The van der Waals surface area contributed by atoms with Gasteiger partial charge < -0.3 is 24.8 Å². The SMILES string of the molecule is COc1ccc(CNc2ccnc(NCCc3ccc(OC)c(OC)c3)n2)cc1. The summed E-state index contributed by atoms with van der Waals surface area (Å²) in [7, 11) is 4.93. The van der Waals surface area contributed by atoms with Gasteiger partial charge in [0.15, 0.2) is 11.5 Å². The van der Waals surface area contributed by atoms with Crippen molar-refractivity contribution in [3.8, 4) is 17.2 Å². The Bertz CT molecular complexity index is 916. The van der Waals surface area contributed by atoms with E-state index in [1.165, 1.54) is 0 Å². The van der Waals surface area contributed by atoms with Crippen LogP contribution in [-0.2, 0) is 13.0 Å². The zero-order valence-electron chi connectivity index (χ0n) is 16.9. The number of nitrogens with one attached hydrogen (secondary N) is 2. The molecule has 0 fully saturated rings. The van der Waals surface area contributed by atoms with E-state index in [0.29, 0.717) is 19.0 Å². The van der Waals surface area contributed by atoms with Gasteiger partial charge in [-0.1, -0.05) is 18.2 Å². The van der Waals surface area contributed by atoms with Crippen molar-refractivity contribution >= 4 is 11.8 Å². The second-order valence-electron chi connectivity index (χ2n) is 6.33. The highest BCUT2D eigenvalue weighted by atomic mass is 16.5. The lowest BCUT2D eigenvalue weighted by Gasteiger charge is -2.11. The van der Waals surface area contributed by atoms with Crippen molar-refractivity contribution in [2.45, 2.75) is 13.0 Å². The molecular weight excluding hydrogens is 368 g/mol. The van der Waals surface area contributed by atoms with Crippen LogP contribution in [0, 0.1) is 0 Å². The van der Waals surface area contributed by atoms with Crippen molar-refractivity contribution in [3.63, 3.8) is 0 Å². The smallest absolute Gasteiger partial charge is 0.224 e. The summed E-state index contributed by atoms with van der Waals surface area (Å²) in [6.45, 7) is 1.38. The monoisotopic (exact) mass is 394 g/mol. The van der Waals surface area contributed by atoms with Crippen LogP contribution in [0.3, 0.4) is 0 Å². The molecule has 29 heavy (non-hydrogen) atoms. The minimum Gasteiger partial charge on any atom is -0.497 e. The van der Waals surface area contributed by atoms with Gasteiger partial charge in [0.25, 0.3) is 0 Å². The van der Waals surface area contributed by atoms with Gasteiger partial charge in [0.2, 0.25) is 5.95 Å². The molecule has 0 unspecified atom stereocenters. The number of hydrogen-bond acceptors (Lipinski definition) is 7. The zero-order chi connectivity index (χ0) is 20.5. The summed E-state index contributed by atoms with van der Waals surface area (Å²) in [5.41, 5.74) is 2.29.